The molecule has 1 amide bonds. The molecule has 186 valence electrons. The van der Waals surface area contributed by atoms with Crippen LogP contribution in [0, 0.1) is 17.0 Å². The van der Waals surface area contributed by atoms with E-state index in [4.69, 9.17) is 0 Å². The number of amides is 1. The van der Waals surface area contributed by atoms with Crippen LogP contribution in [0.4, 0.5) is 10.8 Å². The number of thioether (sulfide) groups is 1. The SMILES string of the molecule is Cc1ccc(CSc2nnc(N3C(=O)C(O)=C(C(=O)c4cccs4)C3c3ccc([N+](=O)[O-])cc3)s2)cc1. The van der Waals surface area contributed by atoms with E-state index in [-0.39, 0.29) is 16.4 Å². The Kier molecular flexibility index (Phi) is 6.87. The predicted molar refractivity (Wildman–Crippen MR) is 142 cm³/mol. The number of hydrogen-bond acceptors (Lipinski definition) is 10. The predicted octanol–water partition coefficient (Wildman–Crippen LogP) is 5.89. The van der Waals surface area contributed by atoms with Crippen LogP contribution >= 0.6 is 34.4 Å². The Morgan fingerprint density at radius 1 is 1.14 bits per heavy atom. The zero-order valence-electron chi connectivity index (χ0n) is 19.2. The van der Waals surface area contributed by atoms with Crippen molar-refractivity contribution in [2.24, 2.45) is 0 Å². The molecule has 4 aromatic rings. The minimum absolute atomic E-state index is 0.106. The van der Waals surface area contributed by atoms with E-state index in [0.717, 1.165) is 11.1 Å². The summed E-state index contributed by atoms with van der Waals surface area (Å²) in [4.78, 5) is 38.8. The highest BCUT2D eigenvalue weighted by Crippen LogP contribution is 2.44. The lowest BCUT2D eigenvalue weighted by molar-refractivity contribution is -0.384. The van der Waals surface area contributed by atoms with Crippen LogP contribution < -0.4 is 4.90 Å². The van der Waals surface area contributed by atoms with Gasteiger partial charge in [0.1, 0.15) is 0 Å². The number of carbonyl (C=O) groups is 2. The number of ketones is 1. The number of non-ortho nitro benzene ring substituents is 1. The Balaban J connectivity index is 1.49. The summed E-state index contributed by atoms with van der Waals surface area (Å²) in [5.74, 6) is -1.30. The number of benzene rings is 2. The molecule has 0 spiro atoms. The molecule has 3 heterocycles. The molecule has 9 nitrogen and oxygen atoms in total. The highest BCUT2D eigenvalue weighted by molar-refractivity contribution is 8.00. The molecule has 37 heavy (non-hydrogen) atoms. The largest absolute Gasteiger partial charge is 0.503 e. The maximum atomic E-state index is 13.4. The summed E-state index contributed by atoms with van der Waals surface area (Å²) in [5, 5.41) is 32.3. The Hall–Kier alpha value is -3.87. The number of carbonyl (C=O) groups excluding carboxylic acids is 2. The van der Waals surface area contributed by atoms with Gasteiger partial charge in [-0.15, -0.1) is 21.5 Å². The van der Waals surface area contributed by atoms with Crippen molar-refractivity contribution >= 4 is 56.9 Å². The van der Waals surface area contributed by atoms with Crippen molar-refractivity contribution in [1.29, 1.82) is 0 Å². The number of rotatable bonds is 8. The molecular weight excluding hydrogens is 532 g/mol. The molecule has 0 bridgehead atoms. The molecule has 1 N–H and O–H groups in total. The van der Waals surface area contributed by atoms with Crippen LogP contribution in [0.1, 0.15) is 32.4 Å². The van der Waals surface area contributed by atoms with Crippen LogP contribution in [-0.2, 0) is 10.5 Å². The monoisotopic (exact) mass is 550 g/mol. The molecule has 1 unspecified atom stereocenters. The van der Waals surface area contributed by atoms with Gasteiger partial charge in [-0.05, 0) is 41.6 Å². The second-order valence-electron chi connectivity index (χ2n) is 8.12. The Bertz CT molecular complexity index is 1510. The topological polar surface area (TPSA) is 127 Å². The Morgan fingerprint density at radius 3 is 2.51 bits per heavy atom. The summed E-state index contributed by atoms with van der Waals surface area (Å²) in [6.07, 6.45) is 0. The van der Waals surface area contributed by atoms with E-state index in [1.165, 1.54) is 63.6 Å². The Morgan fingerprint density at radius 2 is 1.86 bits per heavy atom. The normalized spacial score (nSPS) is 15.4. The zero-order chi connectivity index (χ0) is 26.1. The summed E-state index contributed by atoms with van der Waals surface area (Å²) in [6, 6.07) is 15.9. The number of aryl methyl sites for hydroxylation is 1. The number of anilines is 1. The summed E-state index contributed by atoms with van der Waals surface area (Å²) in [7, 11) is 0. The van der Waals surface area contributed by atoms with E-state index in [9.17, 15) is 24.8 Å². The van der Waals surface area contributed by atoms with E-state index < -0.39 is 28.4 Å². The van der Waals surface area contributed by atoms with E-state index in [1.807, 2.05) is 31.2 Å². The molecule has 1 atom stereocenters. The fourth-order valence-corrected chi connectivity index (χ4v) is 6.36. The van der Waals surface area contributed by atoms with E-state index in [0.29, 0.717) is 20.5 Å². The van der Waals surface area contributed by atoms with Crippen LogP contribution in [0.5, 0.6) is 0 Å². The van der Waals surface area contributed by atoms with Crippen LogP contribution in [0.3, 0.4) is 0 Å². The van der Waals surface area contributed by atoms with Crippen molar-refractivity contribution in [1.82, 2.24) is 10.2 Å². The van der Waals surface area contributed by atoms with Crippen molar-refractivity contribution in [2.75, 3.05) is 4.90 Å². The highest BCUT2D eigenvalue weighted by Gasteiger charge is 2.46. The Labute approximate surface area is 223 Å². The molecule has 0 radical (unpaired) electrons. The van der Waals surface area contributed by atoms with E-state index >= 15 is 0 Å². The minimum atomic E-state index is -1.02. The van der Waals surface area contributed by atoms with Crippen LogP contribution in [0.2, 0.25) is 0 Å². The van der Waals surface area contributed by atoms with Gasteiger partial charge in [0, 0.05) is 17.9 Å². The molecular formula is C25H18N4O5S3. The second kappa shape index (κ2) is 10.2. The second-order valence-corrected chi connectivity index (χ2v) is 11.2. The standard InChI is InChI=1S/C25H18N4O5S3/c1-14-4-6-15(7-5-14)13-36-25-27-26-24(37-25)28-20(16-8-10-17(11-9-16)29(33)34)19(22(31)23(28)32)21(30)18-3-2-12-35-18/h2-12,20,31H,13H2,1H3. The first-order chi connectivity index (χ1) is 17.8. The van der Waals surface area contributed by atoms with Crippen LogP contribution in [0.25, 0.3) is 0 Å². The zero-order valence-corrected chi connectivity index (χ0v) is 21.7. The third kappa shape index (κ3) is 4.90. The number of nitro groups is 1. The summed E-state index contributed by atoms with van der Waals surface area (Å²) in [5.41, 5.74) is 2.45. The summed E-state index contributed by atoms with van der Waals surface area (Å²) >= 11 is 3.81. The maximum Gasteiger partial charge on any atom is 0.296 e. The first-order valence-corrected chi connectivity index (χ1v) is 13.6. The van der Waals surface area contributed by atoms with Crippen molar-refractivity contribution in [3.8, 4) is 0 Å². The molecule has 1 aliphatic heterocycles. The third-order valence-corrected chi connectivity index (χ3v) is 8.70. The van der Waals surface area contributed by atoms with Gasteiger partial charge < -0.3 is 5.11 Å². The van der Waals surface area contributed by atoms with Crippen molar-refractivity contribution in [2.45, 2.75) is 23.1 Å². The molecule has 5 rings (SSSR count). The van der Waals surface area contributed by atoms with Crippen molar-refractivity contribution in [3.63, 3.8) is 0 Å². The van der Waals surface area contributed by atoms with Gasteiger partial charge in [0.2, 0.25) is 10.9 Å². The van der Waals surface area contributed by atoms with Gasteiger partial charge in [-0.1, -0.05) is 59.0 Å². The summed E-state index contributed by atoms with van der Waals surface area (Å²) in [6.45, 7) is 2.02. The molecule has 1 aliphatic rings. The van der Waals surface area contributed by atoms with Crippen molar-refractivity contribution in [3.05, 3.63) is 109 Å². The van der Waals surface area contributed by atoms with Gasteiger partial charge in [-0.25, -0.2) is 0 Å². The van der Waals surface area contributed by atoms with Crippen LogP contribution in [0.15, 0.2) is 81.7 Å². The molecule has 12 heteroatoms. The van der Waals surface area contributed by atoms with Gasteiger partial charge in [0.15, 0.2) is 10.1 Å². The minimum Gasteiger partial charge on any atom is -0.503 e. The van der Waals surface area contributed by atoms with Gasteiger partial charge in [0.25, 0.3) is 11.6 Å². The molecule has 0 aliphatic carbocycles. The van der Waals surface area contributed by atoms with Crippen LogP contribution in [-0.4, -0.2) is 31.9 Å². The molecule has 2 aromatic carbocycles. The number of Topliss-reactive ketones (excluding diaryl/α,β-unsaturated/α-hetero) is 1. The molecule has 0 saturated heterocycles. The van der Waals surface area contributed by atoms with Gasteiger partial charge in [0.05, 0.1) is 21.4 Å². The quantitative estimate of drug-likeness (QED) is 0.0946. The number of aromatic nitrogens is 2. The summed E-state index contributed by atoms with van der Waals surface area (Å²) < 4.78 is 0.614. The van der Waals surface area contributed by atoms with E-state index in [1.54, 1.807) is 17.5 Å². The number of thiophene rings is 1. The molecule has 0 fully saturated rings. The average molecular weight is 551 g/mol. The number of aliphatic hydroxyl groups excluding tert-OH is 1. The number of aliphatic hydroxyl groups is 1. The molecule has 0 saturated carbocycles. The van der Waals surface area contributed by atoms with Crippen molar-refractivity contribution < 1.29 is 19.6 Å². The fraction of sp³-hybridized carbons (Fsp3) is 0.120. The highest BCUT2D eigenvalue weighted by atomic mass is 32.2. The third-order valence-electron chi connectivity index (χ3n) is 5.70. The smallest absolute Gasteiger partial charge is 0.296 e. The first-order valence-electron chi connectivity index (χ1n) is 10.9. The lowest BCUT2D eigenvalue weighted by Gasteiger charge is -2.23. The van der Waals surface area contributed by atoms with Gasteiger partial charge >= 0.3 is 0 Å². The van der Waals surface area contributed by atoms with E-state index in [2.05, 4.69) is 10.2 Å². The first kappa shape index (κ1) is 24.8. The lowest BCUT2D eigenvalue weighted by Crippen LogP contribution is -2.31. The fourth-order valence-electron chi connectivity index (χ4n) is 3.86. The number of nitrogens with zero attached hydrogens (tertiary/aromatic N) is 4. The average Bonchev–Trinajstić information content (AvgIpc) is 3.64. The van der Waals surface area contributed by atoms with Gasteiger partial charge in [-0.2, -0.15) is 0 Å². The maximum absolute atomic E-state index is 13.4. The lowest BCUT2D eigenvalue weighted by atomic mass is 9.95. The number of hydrogen-bond donors (Lipinski definition) is 1. The molecule has 2 aromatic heterocycles. The van der Waals surface area contributed by atoms with Gasteiger partial charge in [-0.3, -0.25) is 24.6 Å². The number of nitro benzene ring substituents is 1.